The van der Waals surface area contributed by atoms with E-state index in [1.807, 2.05) is 11.4 Å². The molecule has 0 amide bonds. The van der Waals surface area contributed by atoms with Crippen molar-refractivity contribution in [1.29, 1.82) is 0 Å². The Balaban J connectivity index is 3.05. The monoisotopic (exact) mass is 85.0 g/mol. The third kappa shape index (κ3) is 0.484. The molecule has 1 rings (SSSR count). The van der Waals surface area contributed by atoms with Gasteiger partial charge >= 0.3 is 0 Å². The van der Waals surface area contributed by atoms with Gasteiger partial charge in [-0.2, -0.15) is 11.3 Å². The number of hydrogen-bond acceptors (Lipinski definition) is 1. The van der Waals surface area contributed by atoms with Gasteiger partial charge in [0.05, 0.1) is 1.37 Å². The zero-order chi connectivity index (χ0) is 4.41. The fraction of sp³-hybridized carbons (Fsp3) is 0. The van der Waals surface area contributed by atoms with Crippen molar-refractivity contribution >= 4 is 11.3 Å². The van der Waals surface area contributed by atoms with E-state index in [0.717, 1.165) is 0 Å². The Labute approximate surface area is 36.5 Å². The SMILES string of the molecule is [2H]c1cccs1. The Morgan fingerprint density at radius 2 is 2.60 bits per heavy atom. The molecule has 0 radical (unpaired) electrons. The van der Waals surface area contributed by atoms with Gasteiger partial charge in [-0.05, 0) is 10.7 Å². The molecule has 0 nitrogen and oxygen atoms in total. The number of hydrogen-bond donors (Lipinski definition) is 0. The van der Waals surface area contributed by atoms with Crippen molar-refractivity contribution in [1.82, 2.24) is 0 Å². The summed E-state index contributed by atoms with van der Waals surface area (Å²) in [5.41, 5.74) is 0. The van der Waals surface area contributed by atoms with Gasteiger partial charge in [-0.15, -0.1) is 0 Å². The third-order valence-electron chi connectivity index (χ3n) is 0.379. The summed E-state index contributed by atoms with van der Waals surface area (Å²) in [5, 5.41) is 2.53. The number of thiophene rings is 1. The van der Waals surface area contributed by atoms with Gasteiger partial charge in [0.15, 0.2) is 0 Å². The molecule has 0 saturated carbocycles. The predicted octanol–water partition coefficient (Wildman–Crippen LogP) is 1.75. The van der Waals surface area contributed by atoms with Crippen molar-refractivity contribution in [3.05, 3.63) is 22.9 Å². The minimum Gasteiger partial charge on any atom is -0.152 e. The van der Waals surface area contributed by atoms with Crippen LogP contribution in [0.1, 0.15) is 1.37 Å². The Bertz CT molecular complexity index is 111. The number of rotatable bonds is 0. The molecule has 0 spiro atoms. The van der Waals surface area contributed by atoms with Crippen molar-refractivity contribution < 1.29 is 1.37 Å². The van der Waals surface area contributed by atoms with Gasteiger partial charge in [-0.1, -0.05) is 12.1 Å². The van der Waals surface area contributed by atoms with Crippen LogP contribution < -0.4 is 0 Å². The molecule has 0 aliphatic carbocycles. The first kappa shape index (κ1) is 1.98. The van der Waals surface area contributed by atoms with E-state index >= 15 is 0 Å². The van der Waals surface area contributed by atoms with Crippen molar-refractivity contribution in [2.24, 2.45) is 0 Å². The van der Waals surface area contributed by atoms with E-state index in [1.54, 1.807) is 6.07 Å². The third-order valence-corrected chi connectivity index (χ3v) is 0.944. The van der Waals surface area contributed by atoms with Crippen molar-refractivity contribution in [3.8, 4) is 0 Å². The molecule has 0 aliphatic rings. The molecule has 0 unspecified atom stereocenters. The molecule has 26 valence electrons. The second-order valence-electron chi connectivity index (χ2n) is 0.731. The minimum absolute atomic E-state index is 0.634. The van der Waals surface area contributed by atoms with E-state index in [1.165, 1.54) is 11.3 Å². The molecule has 0 aliphatic heterocycles. The van der Waals surface area contributed by atoms with Crippen LogP contribution in [-0.4, -0.2) is 0 Å². The quantitative estimate of drug-likeness (QED) is 0.450. The smallest absolute Gasteiger partial charge is 0.0739 e. The van der Waals surface area contributed by atoms with Gasteiger partial charge < -0.3 is 0 Å². The summed E-state index contributed by atoms with van der Waals surface area (Å²) >= 11 is 1.44. The molecule has 0 bridgehead atoms. The highest BCUT2D eigenvalue weighted by atomic mass is 32.1. The summed E-state index contributed by atoms with van der Waals surface area (Å²) in [5.74, 6) is 0. The molecular weight excluding hydrogens is 80.1 g/mol. The van der Waals surface area contributed by atoms with Crippen molar-refractivity contribution in [3.63, 3.8) is 0 Å². The normalized spacial score (nSPS) is 10.8. The molecule has 1 heterocycles. The first-order valence-electron chi connectivity index (χ1n) is 1.90. The van der Waals surface area contributed by atoms with Gasteiger partial charge in [0.25, 0.3) is 0 Å². The molecule has 0 saturated heterocycles. The van der Waals surface area contributed by atoms with Crippen LogP contribution in [0.5, 0.6) is 0 Å². The van der Waals surface area contributed by atoms with Crippen LogP contribution in [-0.2, 0) is 0 Å². The largest absolute Gasteiger partial charge is 0.152 e. The van der Waals surface area contributed by atoms with E-state index in [2.05, 4.69) is 0 Å². The lowest BCUT2D eigenvalue weighted by atomic mass is 10.7. The second-order valence-corrected chi connectivity index (χ2v) is 1.47. The minimum atomic E-state index is 0.634. The van der Waals surface area contributed by atoms with Crippen LogP contribution in [0.4, 0.5) is 0 Å². The van der Waals surface area contributed by atoms with Gasteiger partial charge in [0.1, 0.15) is 0 Å². The fourth-order valence-corrected chi connectivity index (χ4v) is 0.589. The van der Waals surface area contributed by atoms with Crippen LogP contribution in [0.3, 0.4) is 0 Å². The van der Waals surface area contributed by atoms with Crippen LogP contribution >= 0.6 is 11.3 Å². The Hall–Kier alpha value is -0.300. The Morgan fingerprint density at radius 1 is 1.60 bits per heavy atom. The van der Waals surface area contributed by atoms with E-state index in [-0.39, 0.29) is 0 Å². The maximum Gasteiger partial charge on any atom is 0.0739 e. The summed E-state index contributed by atoms with van der Waals surface area (Å²) in [6.07, 6.45) is 0. The fourth-order valence-electron chi connectivity index (χ4n) is 0.196. The second kappa shape index (κ2) is 1.22. The van der Waals surface area contributed by atoms with Crippen LogP contribution in [0.25, 0.3) is 0 Å². The molecule has 0 atom stereocenters. The lowest BCUT2D eigenvalue weighted by Crippen LogP contribution is -1.16. The van der Waals surface area contributed by atoms with E-state index in [4.69, 9.17) is 1.37 Å². The highest BCUT2D eigenvalue weighted by Crippen LogP contribution is 1.91. The maximum atomic E-state index is 6.89. The Kier molecular flexibility index (Phi) is 0.484. The summed E-state index contributed by atoms with van der Waals surface area (Å²) in [6, 6.07) is 3.64. The van der Waals surface area contributed by atoms with Crippen LogP contribution in [0, 0.1) is 0 Å². The standard InChI is InChI=1S/C4H4S/c1-2-4-5-3-1/h1-4H/i3D. The lowest BCUT2D eigenvalue weighted by Gasteiger charge is -1.39. The zero-order valence-electron chi connectivity index (χ0n) is 3.64. The summed E-state index contributed by atoms with van der Waals surface area (Å²) in [6.45, 7) is 0. The van der Waals surface area contributed by atoms with Gasteiger partial charge in [0, 0.05) is 0 Å². The molecular formula is C4H4S. The van der Waals surface area contributed by atoms with Crippen LogP contribution in [0.2, 0.25) is 0 Å². The topological polar surface area (TPSA) is 0 Å². The molecule has 1 heteroatoms. The van der Waals surface area contributed by atoms with Crippen molar-refractivity contribution in [2.75, 3.05) is 0 Å². The molecule has 1 aromatic rings. The van der Waals surface area contributed by atoms with Crippen LogP contribution in [0.15, 0.2) is 22.9 Å². The van der Waals surface area contributed by atoms with Gasteiger partial charge in [0.2, 0.25) is 0 Å². The molecule has 5 heavy (non-hydrogen) atoms. The average Bonchev–Trinajstić information content (AvgIpc) is 1.86. The molecule has 0 fully saturated rings. The maximum absolute atomic E-state index is 6.89. The van der Waals surface area contributed by atoms with E-state index < -0.39 is 0 Å². The van der Waals surface area contributed by atoms with Gasteiger partial charge in [-0.3, -0.25) is 0 Å². The van der Waals surface area contributed by atoms with E-state index in [0.29, 0.717) is 5.36 Å². The first-order valence-corrected chi connectivity index (χ1v) is 2.27. The average molecular weight is 85.1 g/mol. The molecule has 1 aromatic heterocycles. The predicted molar refractivity (Wildman–Crippen MR) is 24.3 cm³/mol. The zero-order valence-corrected chi connectivity index (χ0v) is 3.46. The summed E-state index contributed by atoms with van der Waals surface area (Å²) < 4.78 is 6.89. The lowest BCUT2D eigenvalue weighted by molar-refractivity contribution is 2.03. The summed E-state index contributed by atoms with van der Waals surface area (Å²) in [7, 11) is 0. The van der Waals surface area contributed by atoms with Gasteiger partial charge in [-0.25, -0.2) is 0 Å². The van der Waals surface area contributed by atoms with E-state index in [9.17, 15) is 0 Å². The summed E-state index contributed by atoms with van der Waals surface area (Å²) in [4.78, 5) is 0. The molecule has 0 N–H and O–H groups in total. The highest BCUT2D eigenvalue weighted by Gasteiger charge is 1.58. The Morgan fingerprint density at radius 3 is 2.80 bits per heavy atom. The van der Waals surface area contributed by atoms with Crippen molar-refractivity contribution in [2.45, 2.75) is 0 Å². The molecule has 0 aromatic carbocycles. The first-order chi connectivity index (χ1) is 2.89. The highest BCUT2D eigenvalue weighted by molar-refractivity contribution is 7.07.